The Hall–Kier alpha value is -1.86. The molecule has 0 amide bonds. The summed E-state index contributed by atoms with van der Waals surface area (Å²) in [7, 11) is 0. The van der Waals surface area contributed by atoms with Crippen LogP contribution >= 0.6 is 0 Å². The van der Waals surface area contributed by atoms with Crippen LogP contribution in [0.3, 0.4) is 0 Å². The Labute approximate surface area is 167 Å². The van der Waals surface area contributed by atoms with Gasteiger partial charge in [0.15, 0.2) is 6.29 Å². The summed E-state index contributed by atoms with van der Waals surface area (Å²) in [6.45, 7) is 1.28. The SMILES string of the molecule is OCC1OC(OCCCCOCc2cn(Cc3ccc[nH]3)nn2)C(O)C(O)C1O. The molecule has 0 aromatic carbocycles. The van der Waals surface area contributed by atoms with Crippen molar-refractivity contribution in [3.05, 3.63) is 35.9 Å². The van der Waals surface area contributed by atoms with Gasteiger partial charge >= 0.3 is 0 Å². The van der Waals surface area contributed by atoms with E-state index >= 15 is 0 Å². The highest BCUT2D eigenvalue weighted by Gasteiger charge is 2.43. The number of ether oxygens (including phenoxy) is 3. The van der Waals surface area contributed by atoms with E-state index in [0.717, 1.165) is 11.4 Å². The van der Waals surface area contributed by atoms with Crippen LogP contribution in [0.25, 0.3) is 0 Å². The van der Waals surface area contributed by atoms with Gasteiger partial charge in [-0.3, -0.25) is 0 Å². The smallest absolute Gasteiger partial charge is 0.186 e. The van der Waals surface area contributed by atoms with Crippen molar-refractivity contribution in [3.63, 3.8) is 0 Å². The van der Waals surface area contributed by atoms with Crippen LogP contribution in [0.4, 0.5) is 0 Å². The normalized spacial score (nSPS) is 27.4. The largest absolute Gasteiger partial charge is 0.394 e. The second-order valence-electron chi connectivity index (χ2n) is 6.93. The number of aliphatic hydroxyl groups is 4. The standard InChI is InChI=1S/C18H28N4O7/c23-10-14-15(24)16(25)17(26)18(29-14)28-7-2-1-6-27-11-13-9-22(21-20-13)8-12-4-3-5-19-12/h3-5,9,14-19,23-26H,1-2,6-8,10-11H2. The highest BCUT2D eigenvalue weighted by molar-refractivity contribution is 5.04. The van der Waals surface area contributed by atoms with E-state index in [-0.39, 0.29) is 6.61 Å². The third-order valence-electron chi connectivity index (χ3n) is 4.64. The molecule has 3 rings (SSSR count). The summed E-state index contributed by atoms with van der Waals surface area (Å²) >= 11 is 0. The molecule has 1 fully saturated rings. The van der Waals surface area contributed by atoms with E-state index in [2.05, 4.69) is 15.3 Å². The maximum absolute atomic E-state index is 9.89. The Bertz CT molecular complexity index is 709. The average molecular weight is 412 g/mol. The van der Waals surface area contributed by atoms with Crippen molar-refractivity contribution in [2.24, 2.45) is 0 Å². The van der Waals surface area contributed by atoms with Crippen LogP contribution in [-0.4, -0.2) is 90.9 Å². The monoisotopic (exact) mass is 412 g/mol. The number of aliphatic hydroxyl groups excluding tert-OH is 4. The first-order valence-corrected chi connectivity index (χ1v) is 9.59. The van der Waals surface area contributed by atoms with Crippen molar-refractivity contribution in [1.29, 1.82) is 0 Å². The van der Waals surface area contributed by atoms with Crippen LogP contribution < -0.4 is 0 Å². The fraction of sp³-hybridized carbons (Fsp3) is 0.667. The number of nitrogens with one attached hydrogen (secondary N) is 1. The van der Waals surface area contributed by atoms with Gasteiger partial charge in [-0.2, -0.15) is 0 Å². The fourth-order valence-electron chi connectivity index (χ4n) is 3.01. The van der Waals surface area contributed by atoms with Crippen molar-refractivity contribution in [3.8, 4) is 0 Å². The molecule has 0 aliphatic carbocycles. The molecule has 3 heterocycles. The number of rotatable bonds is 11. The molecule has 11 heteroatoms. The van der Waals surface area contributed by atoms with Crippen LogP contribution in [0.5, 0.6) is 0 Å². The van der Waals surface area contributed by atoms with Gasteiger partial charge in [0, 0.05) is 25.1 Å². The van der Waals surface area contributed by atoms with E-state index in [1.807, 2.05) is 24.5 Å². The summed E-state index contributed by atoms with van der Waals surface area (Å²) in [5, 5.41) is 46.6. The van der Waals surface area contributed by atoms with Gasteiger partial charge in [-0.25, -0.2) is 4.68 Å². The lowest BCUT2D eigenvalue weighted by Crippen LogP contribution is -2.59. The molecular formula is C18H28N4O7. The number of aromatic amines is 1. The molecule has 1 aliphatic heterocycles. The quantitative estimate of drug-likeness (QED) is 0.285. The predicted molar refractivity (Wildman–Crippen MR) is 98.5 cm³/mol. The minimum Gasteiger partial charge on any atom is -0.394 e. The van der Waals surface area contributed by atoms with Gasteiger partial charge in [-0.05, 0) is 25.0 Å². The van der Waals surface area contributed by atoms with Gasteiger partial charge in [0.2, 0.25) is 0 Å². The zero-order valence-corrected chi connectivity index (χ0v) is 16.0. The predicted octanol–water partition coefficient (Wildman–Crippen LogP) is -1.23. The zero-order valence-electron chi connectivity index (χ0n) is 16.0. The first-order chi connectivity index (χ1) is 14.1. The number of H-pyrrole nitrogens is 1. The molecule has 5 atom stereocenters. The van der Waals surface area contributed by atoms with Crippen molar-refractivity contribution in [2.75, 3.05) is 19.8 Å². The van der Waals surface area contributed by atoms with Crippen molar-refractivity contribution in [1.82, 2.24) is 20.0 Å². The molecule has 5 unspecified atom stereocenters. The summed E-state index contributed by atoms with van der Waals surface area (Å²) in [6.07, 6.45) is -1.20. The molecule has 1 aliphatic rings. The second-order valence-corrected chi connectivity index (χ2v) is 6.93. The summed E-state index contributed by atoms with van der Waals surface area (Å²) in [5.41, 5.74) is 1.79. The number of unbranched alkanes of at least 4 members (excludes halogenated alkanes) is 1. The van der Waals surface area contributed by atoms with E-state index in [1.54, 1.807) is 4.68 Å². The maximum Gasteiger partial charge on any atom is 0.186 e. The van der Waals surface area contributed by atoms with E-state index in [9.17, 15) is 15.3 Å². The van der Waals surface area contributed by atoms with Crippen molar-refractivity contribution in [2.45, 2.75) is 56.7 Å². The van der Waals surface area contributed by atoms with Crippen LogP contribution in [0.1, 0.15) is 24.2 Å². The first kappa shape index (κ1) is 21.8. The highest BCUT2D eigenvalue weighted by Crippen LogP contribution is 2.22. The van der Waals surface area contributed by atoms with E-state index < -0.39 is 37.3 Å². The lowest BCUT2D eigenvalue weighted by atomic mass is 9.99. The molecule has 2 aromatic heterocycles. The Balaban J connectivity index is 1.27. The molecule has 0 bridgehead atoms. The van der Waals surface area contributed by atoms with E-state index in [4.69, 9.17) is 19.3 Å². The van der Waals surface area contributed by atoms with Crippen LogP contribution in [-0.2, 0) is 27.4 Å². The maximum atomic E-state index is 9.89. The number of aromatic nitrogens is 4. The highest BCUT2D eigenvalue weighted by atomic mass is 16.7. The topological polar surface area (TPSA) is 155 Å². The van der Waals surface area contributed by atoms with Crippen LogP contribution in [0.15, 0.2) is 24.5 Å². The summed E-state index contributed by atoms with van der Waals surface area (Å²) in [4.78, 5) is 3.11. The van der Waals surface area contributed by atoms with Gasteiger partial charge < -0.3 is 39.6 Å². The number of hydrogen-bond acceptors (Lipinski definition) is 9. The van der Waals surface area contributed by atoms with Gasteiger partial charge in [-0.15, -0.1) is 5.10 Å². The van der Waals surface area contributed by atoms with Gasteiger partial charge in [-0.1, -0.05) is 5.21 Å². The lowest BCUT2D eigenvalue weighted by molar-refractivity contribution is -0.301. The number of nitrogens with zero attached hydrogens (tertiary/aromatic N) is 3. The minimum atomic E-state index is -1.43. The number of hydrogen-bond donors (Lipinski definition) is 5. The Morgan fingerprint density at radius 1 is 1.14 bits per heavy atom. The van der Waals surface area contributed by atoms with Crippen molar-refractivity contribution < 1.29 is 34.6 Å². The zero-order chi connectivity index (χ0) is 20.6. The average Bonchev–Trinajstić information content (AvgIpc) is 3.39. The molecule has 2 aromatic rings. The molecule has 5 N–H and O–H groups in total. The summed E-state index contributed by atoms with van der Waals surface area (Å²) < 4.78 is 18.0. The Morgan fingerprint density at radius 3 is 2.72 bits per heavy atom. The van der Waals surface area contributed by atoms with Crippen molar-refractivity contribution >= 4 is 0 Å². The minimum absolute atomic E-state index is 0.276. The fourth-order valence-corrected chi connectivity index (χ4v) is 3.01. The first-order valence-electron chi connectivity index (χ1n) is 9.59. The molecule has 0 saturated carbocycles. The molecule has 0 spiro atoms. The molecule has 1 saturated heterocycles. The Morgan fingerprint density at radius 2 is 1.97 bits per heavy atom. The summed E-state index contributed by atoms with van der Waals surface area (Å²) in [6, 6.07) is 3.90. The van der Waals surface area contributed by atoms with Crippen LogP contribution in [0.2, 0.25) is 0 Å². The molecule has 0 radical (unpaired) electrons. The molecule has 11 nitrogen and oxygen atoms in total. The van der Waals surface area contributed by atoms with Gasteiger partial charge in [0.05, 0.1) is 26.0 Å². The molecular weight excluding hydrogens is 384 g/mol. The van der Waals surface area contributed by atoms with Gasteiger partial charge in [0.1, 0.15) is 30.1 Å². The van der Waals surface area contributed by atoms with E-state index in [1.165, 1.54) is 0 Å². The molecule has 162 valence electrons. The third kappa shape index (κ3) is 6.06. The lowest BCUT2D eigenvalue weighted by Gasteiger charge is -2.39. The Kier molecular flexibility index (Phi) is 8.12. The third-order valence-corrected chi connectivity index (χ3v) is 4.64. The molecule has 29 heavy (non-hydrogen) atoms. The van der Waals surface area contributed by atoms with Gasteiger partial charge in [0.25, 0.3) is 0 Å². The van der Waals surface area contributed by atoms with Crippen LogP contribution in [0, 0.1) is 0 Å². The van der Waals surface area contributed by atoms with E-state index in [0.29, 0.717) is 32.6 Å². The summed E-state index contributed by atoms with van der Waals surface area (Å²) in [5.74, 6) is 0. The second kappa shape index (κ2) is 10.8.